The Hall–Kier alpha value is -0.870. The molecule has 3 atom stereocenters. The van der Waals surface area contributed by atoms with Crippen molar-refractivity contribution in [2.24, 2.45) is 30.6 Å². The molecule has 1 heterocycles. The third-order valence-electron chi connectivity index (χ3n) is 5.00. The van der Waals surface area contributed by atoms with Gasteiger partial charge in [-0.3, -0.25) is 11.3 Å². The van der Waals surface area contributed by atoms with E-state index in [2.05, 4.69) is 22.0 Å². The molecule has 2 saturated carbocycles. The van der Waals surface area contributed by atoms with Gasteiger partial charge in [0.05, 0.1) is 0 Å². The first-order chi connectivity index (χ1) is 8.81. The molecule has 18 heavy (non-hydrogen) atoms. The van der Waals surface area contributed by atoms with E-state index < -0.39 is 0 Å². The van der Waals surface area contributed by atoms with Crippen molar-refractivity contribution < 1.29 is 0 Å². The minimum Gasteiger partial charge on any atom is -0.338 e. The molecule has 0 aromatic carbocycles. The Balaban J connectivity index is 1.56. The van der Waals surface area contributed by atoms with E-state index in [9.17, 15) is 0 Å². The number of aromatic nitrogens is 2. The molecular formula is C14H24N4. The van der Waals surface area contributed by atoms with Gasteiger partial charge in [-0.05, 0) is 37.0 Å². The van der Waals surface area contributed by atoms with Crippen molar-refractivity contribution in [3.05, 3.63) is 18.2 Å². The molecule has 4 heteroatoms. The first-order valence-electron chi connectivity index (χ1n) is 7.23. The summed E-state index contributed by atoms with van der Waals surface area (Å²) in [4.78, 5) is 4.39. The fourth-order valence-electron chi connectivity index (χ4n) is 3.95. The standard InChI is InChI=1S/C14H24N4/c1-18-9-8-16-13(18)7-6-12(17-15)14-10-4-2-3-5-11(10)14/h8-12,14,17H,2-7,15H2,1H3. The van der Waals surface area contributed by atoms with Crippen molar-refractivity contribution in [2.75, 3.05) is 0 Å². The zero-order valence-electron chi connectivity index (χ0n) is 11.2. The first kappa shape index (κ1) is 12.2. The van der Waals surface area contributed by atoms with Crippen LogP contribution in [0.4, 0.5) is 0 Å². The molecule has 1 aromatic heterocycles. The van der Waals surface area contributed by atoms with Gasteiger partial charge in [-0.1, -0.05) is 12.8 Å². The molecule has 3 unspecified atom stereocenters. The molecule has 2 fully saturated rings. The van der Waals surface area contributed by atoms with Gasteiger partial charge in [0.25, 0.3) is 0 Å². The quantitative estimate of drug-likeness (QED) is 0.615. The molecule has 100 valence electrons. The van der Waals surface area contributed by atoms with Crippen LogP contribution in [0.25, 0.3) is 0 Å². The topological polar surface area (TPSA) is 55.9 Å². The number of imidazole rings is 1. The van der Waals surface area contributed by atoms with Gasteiger partial charge in [0.2, 0.25) is 0 Å². The lowest BCUT2D eigenvalue weighted by Crippen LogP contribution is -2.38. The lowest BCUT2D eigenvalue weighted by molar-refractivity contribution is 0.410. The fourth-order valence-corrected chi connectivity index (χ4v) is 3.95. The average molecular weight is 248 g/mol. The Morgan fingerprint density at radius 3 is 2.72 bits per heavy atom. The Kier molecular flexibility index (Phi) is 3.39. The smallest absolute Gasteiger partial charge is 0.108 e. The van der Waals surface area contributed by atoms with Crippen LogP contribution in [-0.4, -0.2) is 15.6 Å². The second-order valence-electron chi connectivity index (χ2n) is 5.96. The molecule has 0 spiro atoms. The van der Waals surface area contributed by atoms with Gasteiger partial charge in [0.1, 0.15) is 5.82 Å². The number of hydrazine groups is 1. The van der Waals surface area contributed by atoms with Crippen molar-refractivity contribution in [3.63, 3.8) is 0 Å². The summed E-state index contributed by atoms with van der Waals surface area (Å²) in [5.74, 6) is 9.68. The molecule has 4 nitrogen and oxygen atoms in total. The monoisotopic (exact) mass is 248 g/mol. The largest absolute Gasteiger partial charge is 0.338 e. The van der Waals surface area contributed by atoms with Gasteiger partial charge in [-0.25, -0.2) is 4.98 Å². The van der Waals surface area contributed by atoms with E-state index in [4.69, 9.17) is 5.84 Å². The van der Waals surface area contributed by atoms with Gasteiger partial charge in [-0.2, -0.15) is 0 Å². The number of hydrogen-bond donors (Lipinski definition) is 2. The number of nitrogens with two attached hydrogens (primary N) is 1. The van der Waals surface area contributed by atoms with Crippen LogP contribution in [0.2, 0.25) is 0 Å². The summed E-state index contributed by atoms with van der Waals surface area (Å²) in [6, 6.07) is 0.481. The van der Waals surface area contributed by atoms with Crippen LogP contribution in [0.5, 0.6) is 0 Å². The van der Waals surface area contributed by atoms with E-state index in [1.807, 2.05) is 12.4 Å². The maximum absolute atomic E-state index is 5.77. The van der Waals surface area contributed by atoms with Crippen LogP contribution < -0.4 is 11.3 Å². The molecule has 1 aromatic rings. The second-order valence-corrected chi connectivity index (χ2v) is 5.96. The van der Waals surface area contributed by atoms with E-state index in [1.165, 1.54) is 31.5 Å². The SMILES string of the molecule is Cn1ccnc1CCC(NN)C1C2CCCCC21. The number of nitrogens with one attached hydrogen (secondary N) is 1. The van der Waals surface area contributed by atoms with E-state index in [0.717, 1.165) is 30.6 Å². The number of nitrogens with zero attached hydrogens (tertiary/aromatic N) is 2. The highest BCUT2D eigenvalue weighted by atomic mass is 15.2. The van der Waals surface area contributed by atoms with Crippen molar-refractivity contribution in [2.45, 2.75) is 44.6 Å². The number of aryl methyl sites for hydroxylation is 2. The molecule has 0 amide bonds. The number of fused-ring (bicyclic) bond motifs is 1. The van der Waals surface area contributed by atoms with E-state index >= 15 is 0 Å². The van der Waals surface area contributed by atoms with Crippen molar-refractivity contribution in [1.82, 2.24) is 15.0 Å². The summed E-state index contributed by atoms with van der Waals surface area (Å²) in [6.45, 7) is 0. The van der Waals surface area contributed by atoms with Crippen molar-refractivity contribution in [3.8, 4) is 0 Å². The molecule has 2 aliphatic carbocycles. The summed E-state index contributed by atoms with van der Waals surface area (Å²) in [6.07, 6.45) is 11.7. The minimum absolute atomic E-state index is 0.481. The van der Waals surface area contributed by atoms with Crippen LogP contribution in [0.1, 0.15) is 37.9 Å². The summed E-state index contributed by atoms with van der Waals surface area (Å²) >= 11 is 0. The summed E-state index contributed by atoms with van der Waals surface area (Å²) in [5.41, 5.74) is 3.07. The summed E-state index contributed by atoms with van der Waals surface area (Å²) < 4.78 is 2.10. The number of hydrogen-bond acceptors (Lipinski definition) is 3. The highest BCUT2D eigenvalue weighted by Crippen LogP contribution is 2.57. The van der Waals surface area contributed by atoms with Crippen LogP contribution in [0.3, 0.4) is 0 Å². The van der Waals surface area contributed by atoms with Crippen molar-refractivity contribution in [1.29, 1.82) is 0 Å². The van der Waals surface area contributed by atoms with Gasteiger partial charge in [0.15, 0.2) is 0 Å². The molecule has 0 bridgehead atoms. The van der Waals surface area contributed by atoms with Crippen LogP contribution in [0, 0.1) is 17.8 Å². The summed E-state index contributed by atoms with van der Waals surface area (Å²) in [7, 11) is 2.06. The first-order valence-corrected chi connectivity index (χ1v) is 7.23. The van der Waals surface area contributed by atoms with E-state index in [0.29, 0.717) is 6.04 Å². The molecule has 0 radical (unpaired) electrons. The maximum atomic E-state index is 5.77. The predicted molar refractivity (Wildman–Crippen MR) is 71.6 cm³/mol. The highest BCUT2D eigenvalue weighted by Gasteiger charge is 2.53. The van der Waals surface area contributed by atoms with E-state index in [1.54, 1.807) is 0 Å². The maximum Gasteiger partial charge on any atom is 0.108 e. The summed E-state index contributed by atoms with van der Waals surface area (Å²) in [5, 5.41) is 0. The molecule has 3 N–H and O–H groups in total. The second kappa shape index (κ2) is 5.02. The Bertz CT molecular complexity index is 388. The Labute approximate surface area is 109 Å². The molecule has 3 rings (SSSR count). The zero-order valence-corrected chi connectivity index (χ0v) is 11.2. The Morgan fingerprint density at radius 1 is 1.44 bits per heavy atom. The van der Waals surface area contributed by atoms with Crippen LogP contribution in [-0.2, 0) is 13.5 Å². The van der Waals surface area contributed by atoms with Gasteiger partial charge in [0, 0.05) is 31.9 Å². The van der Waals surface area contributed by atoms with Gasteiger partial charge >= 0.3 is 0 Å². The fraction of sp³-hybridized carbons (Fsp3) is 0.786. The van der Waals surface area contributed by atoms with Gasteiger partial charge in [-0.15, -0.1) is 0 Å². The lowest BCUT2D eigenvalue weighted by Gasteiger charge is -2.16. The third-order valence-corrected chi connectivity index (χ3v) is 5.00. The minimum atomic E-state index is 0.481. The molecule has 0 aliphatic heterocycles. The third kappa shape index (κ3) is 2.19. The molecule has 2 aliphatic rings. The zero-order chi connectivity index (χ0) is 12.5. The normalized spacial score (nSPS) is 32.0. The van der Waals surface area contributed by atoms with Gasteiger partial charge < -0.3 is 4.57 Å². The van der Waals surface area contributed by atoms with Crippen molar-refractivity contribution >= 4 is 0 Å². The highest BCUT2D eigenvalue weighted by molar-refractivity contribution is 5.05. The molecular weight excluding hydrogens is 224 g/mol. The average Bonchev–Trinajstić information content (AvgIpc) is 2.97. The van der Waals surface area contributed by atoms with E-state index in [-0.39, 0.29) is 0 Å². The lowest BCUT2D eigenvalue weighted by atomic mass is 10.0. The van der Waals surface area contributed by atoms with Crippen LogP contribution >= 0.6 is 0 Å². The van der Waals surface area contributed by atoms with Crippen LogP contribution in [0.15, 0.2) is 12.4 Å². The predicted octanol–water partition coefficient (Wildman–Crippen LogP) is 1.62. The molecule has 0 saturated heterocycles. The Morgan fingerprint density at radius 2 is 2.17 bits per heavy atom. The number of rotatable bonds is 5.